The van der Waals surface area contributed by atoms with Crippen LogP contribution in [0.2, 0.25) is 0 Å². The fourth-order valence-corrected chi connectivity index (χ4v) is 1.22. The van der Waals surface area contributed by atoms with Crippen LogP contribution in [0.5, 0.6) is 0 Å². The molecule has 7 heteroatoms. The molecule has 0 saturated heterocycles. The number of allylic oxidation sites excluding steroid dienone is 1. The van der Waals surface area contributed by atoms with Gasteiger partial charge >= 0.3 is 5.97 Å². The summed E-state index contributed by atoms with van der Waals surface area (Å²) in [7, 11) is 1.60. The SMILES string of the molecule is CN=C/C(=C\N)c1cnc(/C(=C\N)C(=O)O)cn1. The van der Waals surface area contributed by atoms with Gasteiger partial charge in [0.1, 0.15) is 5.57 Å². The molecule has 0 aromatic carbocycles. The second-order valence-corrected chi connectivity index (χ2v) is 3.18. The molecule has 94 valence electrons. The van der Waals surface area contributed by atoms with Gasteiger partial charge in [-0.15, -0.1) is 0 Å². The number of aliphatic imine (C=N–C) groups is 1. The average Bonchev–Trinajstić information content (AvgIpc) is 2.37. The van der Waals surface area contributed by atoms with Gasteiger partial charge in [0, 0.05) is 31.2 Å². The predicted octanol–water partition coefficient (Wildman–Crippen LogP) is -0.139. The molecule has 0 aliphatic carbocycles. The van der Waals surface area contributed by atoms with Crippen LogP contribution >= 0.6 is 0 Å². The summed E-state index contributed by atoms with van der Waals surface area (Å²) in [5.41, 5.74) is 11.8. The number of nitrogens with two attached hydrogens (primary N) is 2. The molecule has 1 aromatic rings. The van der Waals surface area contributed by atoms with Crippen LogP contribution in [0.25, 0.3) is 11.1 Å². The number of aromatic nitrogens is 2. The van der Waals surface area contributed by atoms with Gasteiger partial charge in [0.15, 0.2) is 0 Å². The Morgan fingerprint density at radius 3 is 2.28 bits per heavy atom. The van der Waals surface area contributed by atoms with Gasteiger partial charge < -0.3 is 16.6 Å². The van der Waals surface area contributed by atoms with Crippen LogP contribution in [0.1, 0.15) is 11.4 Å². The molecule has 0 aliphatic heterocycles. The molecule has 0 amide bonds. The number of carboxylic acid groups (broad SMARTS) is 1. The van der Waals surface area contributed by atoms with Crippen molar-refractivity contribution in [1.82, 2.24) is 9.97 Å². The lowest BCUT2D eigenvalue weighted by Gasteiger charge is -2.03. The van der Waals surface area contributed by atoms with Gasteiger partial charge in [0.25, 0.3) is 0 Å². The van der Waals surface area contributed by atoms with Gasteiger partial charge in [0.2, 0.25) is 0 Å². The molecule has 0 saturated carbocycles. The normalized spacial score (nSPS) is 12.9. The lowest BCUT2D eigenvalue weighted by Crippen LogP contribution is -2.06. The Labute approximate surface area is 104 Å². The lowest BCUT2D eigenvalue weighted by molar-refractivity contribution is -0.130. The summed E-state index contributed by atoms with van der Waals surface area (Å²) in [5.74, 6) is -1.16. The van der Waals surface area contributed by atoms with Gasteiger partial charge in [-0.05, 0) is 0 Å². The first-order valence-electron chi connectivity index (χ1n) is 4.96. The summed E-state index contributed by atoms with van der Waals surface area (Å²) in [6.45, 7) is 0. The van der Waals surface area contributed by atoms with Crippen molar-refractivity contribution in [3.05, 3.63) is 36.2 Å². The Bertz CT molecular complexity index is 517. The third kappa shape index (κ3) is 2.91. The highest BCUT2D eigenvalue weighted by molar-refractivity contribution is 6.14. The molecule has 0 fully saturated rings. The van der Waals surface area contributed by atoms with E-state index >= 15 is 0 Å². The van der Waals surface area contributed by atoms with Crippen LogP contribution in [-0.2, 0) is 4.79 Å². The minimum Gasteiger partial charge on any atom is -0.478 e. The summed E-state index contributed by atoms with van der Waals surface area (Å²) < 4.78 is 0. The van der Waals surface area contributed by atoms with Crippen LogP contribution in [0.15, 0.2) is 29.8 Å². The van der Waals surface area contributed by atoms with Crippen LogP contribution < -0.4 is 11.5 Å². The Morgan fingerprint density at radius 1 is 1.28 bits per heavy atom. The fraction of sp³-hybridized carbons (Fsp3) is 0.0909. The quantitative estimate of drug-likeness (QED) is 0.502. The van der Waals surface area contributed by atoms with E-state index in [9.17, 15) is 4.79 Å². The molecule has 18 heavy (non-hydrogen) atoms. The van der Waals surface area contributed by atoms with Crippen molar-refractivity contribution in [3.63, 3.8) is 0 Å². The third-order valence-electron chi connectivity index (χ3n) is 2.07. The second-order valence-electron chi connectivity index (χ2n) is 3.18. The number of rotatable bonds is 4. The highest BCUT2D eigenvalue weighted by Crippen LogP contribution is 2.12. The molecule has 0 atom stereocenters. The van der Waals surface area contributed by atoms with Gasteiger partial charge in [-0.2, -0.15) is 0 Å². The monoisotopic (exact) mass is 247 g/mol. The largest absolute Gasteiger partial charge is 0.478 e. The number of carbonyl (C=O) groups is 1. The van der Waals surface area contributed by atoms with E-state index in [2.05, 4.69) is 15.0 Å². The first-order valence-corrected chi connectivity index (χ1v) is 4.96. The fourth-order valence-electron chi connectivity index (χ4n) is 1.22. The molecule has 1 aromatic heterocycles. The zero-order valence-electron chi connectivity index (χ0n) is 9.74. The maximum atomic E-state index is 10.8. The molecule has 0 bridgehead atoms. The Balaban J connectivity index is 3.10. The van der Waals surface area contributed by atoms with Crippen LogP contribution in [-0.4, -0.2) is 34.3 Å². The van der Waals surface area contributed by atoms with Crippen molar-refractivity contribution in [3.8, 4) is 0 Å². The van der Waals surface area contributed by atoms with E-state index in [4.69, 9.17) is 16.6 Å². The lowest BCUT2D eigenvalue weighted by atomic mass is 10.2. The van der Waals surface area contributed by atoms with E-state index < -0.39 is 5.97 Å². The number of nitrogens with zero attached hydrogens (tertiary/aromatic N) is 3. The smallest absolute Gasteiger partial charge is 0.339 e. The van der Waals surface area contributed by atoms with E-state index in [0.717, 1.165) is 6.20 Å². The van der Waals surface area contributed by atoms with E-state index in [1.165, 1.54) is 24.8 Å². The van der Waals surface area contributed by atoms with Crippen molar-refractivity contribution in [2.24, 2.45) is 16.5 Å². The first-order chi connectivity index (χ1) is 8.63. The molecular formula is C11H13N5O2. The van der Waals surface area contributed by atoms with E-state index in [1.807, 2.05) is 0 Å². The van der Waals surface area contributed by atoms with E-state index in [1.54, 1.807) is 7.05 Å². The van der Waals surface area contributed by atoms with Gasteiger partial charge in [-0.1, -0.05) is 0 Å². The Hall–Kier alpha value is -2.70. The summed E-state index contributed by atoms with van der Waals surface area (Å²) >= 11 is 0. The highest BCUT2D eigenvalue weighted by Gasteiger charge is 2.12. The number of carboxylic acids is 1. The topological polar surface area (TPSA) is 127 Å². The third-order valence-corrected chi connectivity index (χ3v) is 2.07. The molecule has 0 radical (unpaired) electrons. The van der Waals surface area contributed by atoms with Crippen molar-refractivity contribution in [2.45, 2.75) is 0 Å². The zero-order valence-corrected chi connectivity index (χ0v) is 9.74. The summed E-state index contributed by atoms with van der Waals surface area (Å²) in [5, 5.41) is 8.87. The van der Waals surface area contributed by atoms with Crippen LogP contribution in [0.3, 0.4) is 0 Å². The molecule has 0 spiro atoms. The number of hydrogen-bond donors (Lipinski definition) is 3. The molecular weight excluding hydrogens is 234 g/mol. The summed E-state index contributed by atoms with van der Waals surface area (Å²) in [6, 6.07) is 0. The standard InChI is InChI=1S/C11H13N5O2/c1-14-4-7(2-12)9-5-16-10(6-15-9)8(3-13)11(17)18/h2-6H,12-13H2,1H3,(H,17,18)/b7-2+,8-3+,14-4?. The Kier molecular flexibility index (Phi) is 4.56. The van der Waals surface area contributed by atoms with Gasteiger partial charge in [-0.3, -0.25) is 15.0 Å². The molecule has 7 nitrogen and oxygen atoms in total. The summed E-state index contributed by atoms with van der Waals surface area (Å²) in [6.07, 6.45) is 6.56. The molecule has 1 rings (SSSR count). The minimum absolute atomic E-state index is 0.114. The average molecular weight is 247 g/mol. The summed E-state index contributed by atoms with van der Waals surface area (Å²) in [4.78, 5) is 22.7. The van der Waals surface area contributed by atoms with Crippen LogP contribution in [0.4, 0.5) is 0 Å². The van der Waals surface area contributed by atoms with Crippen LogP contribution in [0, 0.1) is 0 Å². The predicted molar refractivity (Wildman–Crippen MR) is 68.4 cm³/mol. The maximum Gasteiger partial charge on any atom is 0.339 e. The van der Waals surface area contributed by atoms with Crippen molar-refractivity contribution >= 4 is 23.3 Å². The highest BCUT2D eigenvalue weighted by atomic mass is 16.4. The number of hydrogen-bond acceptors (Lipinski definition) is 6. The van der Waals surface area contributed by atoms with Crippen molar-refractivity contribution < 1.29 is 9.90 Å². The van der Waals surface area contributed by atoms with Gasteiger partial charge in [0.05, 0.1) is 23.8 Å². The molecule has 5 N–H and O–H groups in total. The van der Waals surface area contributed by atoms with E-state index in [-0.39, 0.29) is 11.3 Å². The van der Waals surface area contributed by atoms with Gasteiger partial charge in [-0.25, -0.2) is 4.79 Å². The maximum absolute atomic E-state index is 10.8. The van der Waals surface area contributed by atoms with E-state index in [0.29, 0.717) is 11.3 Å². The van der Waals surface area contributed by atoms with Crippen molar-refractivity contribution in [2.75, 3.05) is 7.05 Å². The minimum atomic E-state index is -1.16. The zero-order chi connectivity index (χ0) is 13.5. The molecule has 0 unspecified atom stereocenters. The second kappa shape index (κ2) is 6.14. The Morgan fingerprint density at radius 2 is 1.89 bits per heavy atom. The number of aliphatic carboxylic acids is 1. The molecule has 0 aliphatic rings. The first kappa shape index (κ1) is 13.4. The molecule has 1 heterocycles. The van der Waals surface area contributed by atoms with Crippen molar-refractivity contribution in [1.29, 1.82) is 0 Å².